The van der Waals surface area contributed by atoms with Gasteiger partial charge in [0.05, 0.1) is 4.34 Å². The van der Waals surface area contributed by atoms with Crippen molar-refractivity contribution < 1.29 is 18.3 Å². The van der Waals surface area contributed by atoms with Crippen molar-refractivity contribution in [3.05, 3.63) is 31.9 Å². The van der Waals surface area contributed by atoms with Crippen molar-refractivity contribution in [2.75, 3.05) is 4.72 Å². The first-order chi connectivity index (χ1) is 9.78. The van der Waals surface area contributed by atoms with Crippen molar-refractivity contribution in [1.29, 1.82) is 0 Å². The second-order valence-electron chi connectivity index (χ2n) is 3.53. The second kappa shape index (κ2) is 6.32. The van der Waals surface area contributed by atoms with Gasteiger partial charge in [-0.2, -0.15) is 0 Å². The Kier molecular flexibility index (Phi) is 4.89. The van der Waals surface area contributed by atoms with E-state index in [9.17, 15) is 13.2 Å². The number of carboxylic acids is 1. The first-order valence-electron chi connectivity index (χ1n) is 5.12. The van der Waals surface area contributed by atoms with Crippen LogP contribution >= 0.6 is 45.9 Å². The van der Waals surface area contributed by atoms with Crippen molar-refractivity contribution in [2.45, 2.75) is 4.90 Å². The Bertz CT molecular complexity index is 810. The molecule has 11 heteroatoms. The lowest BCUT2D eigenvalue weighted by atomic mass is 10.4. The fourth-order valence-electron chi connectivity index (χ4n) is 1.24. The number of hydrogen-bond acceptors (Lipinski definition) is 6. The maximum Gasteiger partial charge on any atom is 0.328 e. The number of hydrogen-bond donors (Lipinski definition) is 2. The highest BCUT2D eigenvalue weighted by Gasteiger charge is 2.22. The lowest BCUT2D eigenvalue weighted by Gasteiger charge is -2.02. The van der Waals surface area contributed by atoms with Gasteiger partial charge < -0.3 is 5.11 Å². The average molecular weight is 385 g/mol. The molecule has 0 aromatic carbocycles. The third kappa shape index (κ3) is 4.17. The number of aromatic nitrogens is 1. The van der Waals surface area contributed by atoms with Crippen LogP contribution in [0.25, 0.3) is 6.08 Å². The average Bonchev–Trinajstić information content (AvgIpc) is 2.93. The predicted octanol–water partition coefficient (Wildman–Crippen LogP) is 3.41. The monoisotopic (exact) mass is 384 g/mol. The number of sulfonamides is 1. The van der Waals surface area contributed by atoms with Gasteiger partial charge in [-0.1, -0.05) is 34.5 Å². The van der Waals surface area contributed by atoms with E-state index in [1.165, 1.54) is 18.3 Å². The van der Waals surface area contributed by atoms with E-state index < -0.39 is 16.0 Å². The molecule has 6 nitrogen and oxygen atoms in total. The predicted molar refractivity (Wildman–Crippen MR) is 83.9 cm³/mol. The number of carbonyl (C=O) groups is 1. The van der Waals surface area contributed by atoms with E-state index in [-0.39, 0.29) is 18.7 Å². The van der Waals surface area contributed by atoms with E-state index in [4.69, 9.17) is 28.3 Å². The van der Waals surface area contributed by atoms with Crippen LogP contribution in [0.4, 0.5) is 5.13 Å². The molecule has 2 aromatic heterocycles. The summed E-state index contributed by atoms with van der Waals surface area (Å²) >= 11 is 13.4. The normalized spacial score (nSPS) is 11.9. The van der Waals surface area contributed by atoms with Crippen molar-refractivity contribution in [3.63, 3.8) is 0 Å². The van der Waals surface area contributed by atoms with Gasteiger partial charge in [0.25, 0.3) is 10.0 Å². The van der Waals surface area contributed by atoms with Crippen molar-refractivity contribution in [1.82, 2.24) is 4.98 Å². The molecule has 0 spiro atoms. The Balaban J connectivity index is 2.22. The number of halogens is 2. The Morgan fingerprint density at radius 3 is 2.67 bits per heavy atom. The molecule has 0 aliphatic heterocycles. The zero-order chi connectivity index (χ0) is 15.6. The van der Waals surface area contributed by atoms with Gasteiger partial charge in [0.2, 0.25) is 0 Å². The molecule has 0 radical (unpaired) electrons. The molecule has 0 aliphatic carbocycles. The molecule has 0 bridgehead atoms. The number of anilines is 1. The molecule has 0 saturated heterocycles. The number of nitrogens with zero attached hydrogens (tertiary/aromatic N) is 1. The quantitative estimate of drug-likeness (QED) is 0.769. The van der Waals surface area contributed by atoms with Crippen LogP contribution in [0.2, 0.25) is 8.67 Å². The maximum atomic E-state index is 12.1. The summed E-state index contributed by atoms with van der Waals surface area (Å²) in [7, 11) is -3.89. The molecule has 112 valence electrons. The van der Waals surface area contributed by atoms with E-state index >= 15 is 0 Å². The highest BCUT2D eigenvalue weighted by molar-refractivity contribution is 7.93. The Hall–Kier alpha value is -1.13. The molecule has 21 heavy (non-hydrogen) atoms. The Morgan fingerprint density at radius 1 is 1.38 bits per heavy atom. The lowest BCUT2D eigenvalue weighted by Crippen LogP contribution is -2.12. The summed E-state index contributed by atoms with van der Waals surface area (Å²) in [6.45, 7) is 0. The molecule has 0 atom stereocenters. The van der Waals surface area contributed by atoms with Gasteiger partial charge in [-0.3, -0.25) is 4.72 Å². The first kappa shape index (κ1) is 16.2. The van der Waals surface area contributed by atoms with Crippen LogP contribution in [0.15, 0.2) is 23.2 Å². The minimum atomic E-state index is -3.89. The number of rotatable bonds is 5. The maximum absolute atomic E-state index is 12.1. The largest absolute Gasteiger partial charge is 0.478 e. The van der Waals surface area contributed by atoms with E-state index in [0.29, 0.717) is 4.88 Å². The van der Waals surface area contributed by atoms with Crippen LogP contribution in [0.5, 0.6) is 0 Å². The third-order valence-corrected chi connectivity index (χ3v) is 6.15. The van der Waals surface area contributed by atoms with Gasteiger partial charge in [-0.05, 0) is 12.1 Å². The number of thiophene rings is 1. The standard InChI is InChI=1S/C10H6Cl2N2O4S3/c11-7-3-6(9(12)20-7)21(17,18)14-10-13-4-5(19-10)1-2-8(15)16/h1-4H,(H,13,14)(H,15,16). The second-order valence-corrected chi connectivity index (χ2v) is 8.53. The van der Waals surface area contributed by atoms with Gasteiger partial charge in [-0.25, -0.2) is 18.2 Å². The molecule has 2 N–H and O–H groups in total. The van der Waals surface area contributed by atoms with E-state index in [1.54, 1.807) is 0 Å². The third-order valence-electron chi connectivity index (χ3n) is 2.05. The minimum Gasteiger partial charge on any atom is -0.478 e. The number of carboxylic acid groups (broad SMARTS) is 1. The summed E-state index contributed by atoms with van der Waals surface area (Å²) in [5, 5.41) is 8.61. The van der Waals surface area contributed by atoms with Crippen LogP contribution < -0.4 is 4.72 Å². The summed E-state index contributed by atoms with van der Waals surface area (Å²) in [6, 6.07) is 1.25. The summed E-state index contributed by atoms with van der Waals surface area (Å²) in [5.74, 6) is -1.11. The van der Waals surface area contributed by atoms with Crippen molar-refractivity contribution in [2.24, 2.45) is 0 Å². The van der Waals surface area contributed by atoms with Gasteiger partial charge in [0.15, 0.2) is 5.13 Å². The Morgan fingerprint density at radius 2 is 2.10 bits per heavy atom. The fourth-order valence-corrected chi connectivity index (χ4v) is 5.35. The van der Waals surface area contributed by atoms with Crippen LogP contribution in [0.3, 0.4) is 0 Å². The zero-order valence-electron chi connectivity index (χ0n) is 9.91. The summed E-state index contributed by atoms with van der Waals surface area (Å²) in [5.41, 5.74) is 0. The molecular formula is C10H6Cl2N2O4S3. The molecule has 0 fully saturated rings. The SMILES string of the molecule is O=C(O)C=Cc1cnc(NS(=O)(=O)c2cc(Cl)sc2Cl)s1. The minimum absolute atomic E-state index is 0.0510. The van der Waals surface area contributed by atoms with Crippen LogP contribution in [0, 0.1) is 0 Å². The van der Waals surface area contributed by atoms with Gasteiger partial charge in [0.1, 0.15) is 9.23 Å². The van der Waals surface area contributed by atoms with E-state index in [0.717, 1.165) is 28.7 Å². The summed E-state index contributed by atoms with van der Waals surface area (Å²) in [4.78, 5) is 14.6. The molecule has 2 rings (SSSR count). The first-order valence-corrected chi connectivity index (χ1v) is 8.99. The van der Waals surface area contributed by atoms with E-state index in [2.05, 4.69) is 9.71 Å². The summed E-state index contributed by atoms with van der Waals surface area (Å²) in [6.07, 6.45) is 3.59. The molecule has 2 heterocycles. The zero-order valence-corrected chi connectivity index (χ0v) is 13.9. The number of aliphatic carboxylic acids is 1. The molecular weight excluding hydrogens is 379 g/mol. The lowest BCUT2D eigenvalue weighted by molar-refractivity contribution is -0.131. The van der Waals surface area contributed by atoms with Gasteiger partial charge in [-0.15, -0.1) is 11.3 Å². The van der Waals surface area contributed by atoms with Crippen LogP contribution in [0.1, 0.15) is 4.88 Å². The van der Waals surface area contributed by atoms with Gasteiger partial charge in [0, 0.05) is 17.2 Å². The van der Waals surface area contributed by atoms with Crippen LogP contribution in [-0.2, 0) is 14.8 Å². The Labute approximate surface area is 137 Å². The number of nitrogens with one attached hydrogen (secondary N) is 1. The molecule has 0 unspecified atom stereocenters. The molecule has 0 saturated carbocycles. The van der Waals surface area contributed by atoms with Gasteiger partial charge >= 0.3 is 5.97 Å². The van der Waals surface area contributed by atoms with Crippen molar-refractivity contribution in [3.8, 4) is 0 Å². The smallest absolute Gasteiger partial charge is 0.328 e. The van der Waals surface area contributed by atoms with E-state index in [1.807, 2.05) is 0 Å². The highest BCUT2D eigenvalue weighted by atomic mass is 35.5. The highest BCUT2D eigenvalue weighted by Crippen LogP contribution is 2.35. The fraction of sp³-hybridized carbons (Fsp3) is 0. The molecule has 2 aromatic rings. The van der Waals surface area contributed by atoms with Crippen LogP contribution in [-0.4, -0.2) is 24.5 Å². The number of thiazole rings is 1. The molecule has 0 aliphatic rings. The van der Waals surface area contributed by atoms with Crippen molar-refractivity contribution >= 4 is 73.1 Å². The topological polar surface area (TPSA) is 96.4 Å². The summed E-state index contributed by atoms with van der Waals surface area (Å²) < 4.78 is 26.8. The molecule has 0 amide bonds.